The first-order valence-electron chi connectivity index (χ1n) is 8.05. The molecule has 1 N–H and O–H groups in total. The Morgan fingerprint density at radius 2 is 2.24 bits per heavy atom. The summed E-state index contributed by atoms with van der Waals surface area (Å²) in [5.41, 5.74) is 0.835. The van der Waals surface area contributed by atoms with Gasteiger partial charge in [-0.05, 0) is 49.9 Å². The molecule has 2 bridgehead atoms. The molecule has 0 aromatic carbocycles. The molecule has 0 saturated heterocycles. The van der Waals surface area contributed by atoms with Crippen LogP contribution in [0.1, 0.15) is 48.6 Å². The van der Waals surface area contributed by atoms with E-state index in [9.17, 15) is 9.90 Å². The fourth-order valence-corrected chi connectivity index (χ4v) is 5.75. The fraction of sp³-hybridized carbons (Fsp3) is 0.750. The minimum atomic E-state index is -0.721. The van der Waals surface area contributed by atoms with Gasteiger partial charge in [-0.2, -0.15) is 0 Å². The largest absolute Gasteiger partial charge is 0.481 e. The number of anilines is 1. The minimum absolute atomic E-state index is 0.374. The Bertz CT molecular complexity index is 571. The summed E-state index contributed by atoms with van der Waals surface area (Å²) in [7, 11) is 2.12. The number of carboxylic acids is 1. The molecule has 1 aromatic rings. The summed E-state index contributed by atoms with van der Waals surface area (Å²) in [6.07, 6.45) is 7.28. The molecule has 0 spiro atoms. The molecule has 1 aromatic heterocycles. The van der Waals surface area contributed by atoms with Crippen molar-refractivity contribution < 1.29 is 9.90 Å². The van der Waals surface area contributed by atoms with Crippen molar-refractivity contribution in [3.05, 3.63) is 10.6 Å². The van der Waals surface area contributed by atoms with Crippen molar-refractivity contribution in [1.82, 2.24) is 4.98 Å². The number of nitrogens with zero attached hydrogens (tertiary/aromatic N) is 2. The number of thiazole rings is 1. The lowest BCUT2D eigenvalue weighted by atomic mass is 9.88. The molecule has 2 saturated carbocycles. The second kappa shape index (κ2) is 4.97. The first kappa shape index (κ1) is 13.6. The van der Waals surface area contributed by atoms with Crippen molar-refractivity contribution in [3.8, 4) is 0 Å². The summed E-state index contributed by atoms with van der Waals surface area (Å²) in [4.78, 5) is 19.4. The molecule has 2 fully saturated rings. The van der Waals surface area contributed by atoms with Crippen molar-refractivity contribution in [3.63, 3.8) is 0 Å². The third kappa shape index (κ3) is 2.26. The van der Waals surface area contributed by atoms with Gasteiger partial charge in [0, 0.05) is 18.5 Å². The highest BCUT2D eigenvalue weighted by Gasteiger charge is 2.40. The lowest BCUT2D eigenvalue weighted by Crippen LogP contribution is -2.28. The lowest BCUT2D eigenvalue weighted by molar-refractivity contribution is -0.138. The van der Waals surface area contributed by atoms with Gasteiger partial charge in [0.15, 0.2) is 5.13 Å². The van der Waals surface area contributed by atoms with Gasteiger partial charge in [-0.3, -0.25) is 4.79 Å². The normalized spacial score (nSPS) is 33.4. The van der Waals surface area contributed by atoms with Crippen LogP contribution < -0.4 is 4.90 Å². The molecule has 0 radical (unpaired) electrons. The maximum absolute atomic E-state index is 11.3. The molecular weight excluding hydrogens is 284 g/mol. The van der Waals surface area contributed by atoms with Crippen LogP contribution >= 0.6 is 11.3 Å². The van der Waals surface area contributed by atoms with Crippen molar-refractivity contribution in [1.29, 1.82) is 0 Å². The Kier molecular flexibility index (Phi) is 3.21. The maximum Gasteiger partial charge on any atom is 0.312 e. The van der Waals surface area contributed by atoms with Gasteiger partial charge in [-0.25, -0.2) is 4.98 Å². The van der Waals surface area contributed by atoms with Gasteiger partial charge in [0.25, 0.3) is 0 Å². The van der Waals surface area contributed by atoms with Crippen molar-refractivity contribution in [2.75, 3.05) is 18.5 Å². The number of aliphatic carboxylic acids is 1. The van der Waals surface area contributed by atoms with E-state index in [-0.39, 0.29) is 5.92 Å². The SMILES string of the molecule is CN(CC1CC2CCC1C2)c1nc2c(s1)CCC2C(=O)O. The third-order valence-corrected chi connectivity index (χ3v) is 6.97. The Hall–Kier alpha value is -1.10. The maximum atomic E-state index is 11.3. The van der Waals surface area contributed by atoms with E-state index in [4.69, 9.17) is 0 Å². The molecule has 3 aliphatic rings. The molecule has 4 nitrogen and oxygen atoms in total. The van der Waals surface area contributed by atoms with Crippen LogP contribution in [0.3, 0.4) is 0 Å². The van der Waals surface area contributed by atoms with Gasteiger partial charge in [-0.15, -0.1) is 11.3 Å². The van der Waals surface area contributed by atoms with Gasteiger partial charge < -0.3 is 10.0 Å². The second-order valence-corrected chi connectivity index (χ2v) is 8.11. The Morgan fingerprint density at radius 3 is 2.90 bits per heavy atom. The molecule has 4 rings (SSSR count). The number of hydrogen-bond donors (Lipinski definition) is 1. The summed E-state index contributed by atoms with van der Waals surface area (Å²) in [5.74, 6) is 1.63. The van der Waals surface area contributed by atoms with Crippen LogP contribution in [0.15, 0.2) is 0 Å². The van der Waals surface area contributed by atoms with Crippen molar-refractivity contribution in [2.24, 2.45) is 17.8 Å². The molecule has 3 aliphatic carbocycles. The summed E-state index contributed by atoms with van der Waals surface area (Å²) in [6, 6.07) is 0. The Labute approximate surface area is 129 Å². The molecule has 0 aliphatic heterocycles. The van der Waals surface area contributed by atoms with Gasteiger partial charge >= 0.3 is 5.97 Å². The monoisotopic (exact) mass is 306 g/mol. The average Bonchev–Trinajstić information content (AvgIpc) is 3.17. The number of rotatable bonds is 4. The van der Waals surface area contributed by atoms with E-state index >= 15 is 0 Å². The zero-order chi connectivity index (χ0) is 14.6. The molecule has 21 heavy (non-hydrogen) atoms. The van der Waals surface area contributed by atoms with E-state index in [0.717, 1.165) is 48.0 Å². The number of aromatic nitrogens is 1. The van der Waals surface area contributed by atoms with Crippen molar-refractivity contribution in [2.45, 2.75) is 44.4 Å². The van der Waals surface area contributed by atoms with Gasteiger partial charge in [0.2, 0.25) is 0 Å². The van der Waals surface area contributed by atoms with Crippen LogP contribution in [0.4, 0.5) is 5.13 Å². The molecule has 114 valence electrons. The van der Waals surface area contributed by atoms with Crippen LogP contribution in [-0.2, 0) is 11.2 Å². The predicted octanol–water partition coefficient (Wildman–Crippen LogP) is 3.13. The predicted molar refractivity (Wildman–Crippen MR) is 83.0 cm³/mol. The van der Waals surface area contributed by atoms with Gasteiger partial charge in [-0.1, -0.05) is 6.42 Å². The highest BCUT2D eigenvalue weighted by molar-refractivity contribution is 7.15. The quantitative estimate of drug-likeness (QED) is 0.928. The third-order valence-electron chi connectivity index (χ3n) is 5.72. The van der Waals surface area contributed by atoms with Crippen LogP contribution in [0, 0.1) is 17.8 Å². The highest BCUT2D eigenvalue weighted by Crippen LogP contribution is 2.49. The molecule has 1 heterocycles. The summed E-state index contributed by atoms with van der Waals surface area (Å²) in [6.45, 7) is 1.09. The summed E-state index contributed by atoms with van der Waals surface area (Å²) < 4.78 is 0. The highest BCUT2D eigenvalue weighted by atomic mass is 32.1. The smallest absolute Gasteiger partial charge is 0.312 e. The van der Waals surface area contributed by atoms with E-state index in [2.05, 4.69) is 16.9 Å². The minimum Gasteiger partial charge on any atom is -0.481 e. The van der Waals surface area contributed by atoms with Gasteiger partial charge in [0.05, 0.1) is 5.69 Å². The van der Waals surface area contributed by atoms with Crippen LogP contribution in [0.5, 0.6) is 0 Å². The molecule has 4 unspecified atom stereocenters. The number of aryl methyl sites for hydroxylation is 1. The number of hydrogen-bond acceptors (Lipinski definition) is 4. The molecule has 5 heteroatoms. The number of carbonyl (C=O) groups is 1. The zero-order valence-corrected chi connectivity index (χ0v) is 13.2. The van der Waals surface area contributed by atoms with Crippen LogP contribution in [0.25, 0.3) is 0 Å². The van der Waals surface area contributed by atoms with E-state index in [0.29, 0.717) is 0 Å². The van der Waals surface area contributed by atoms with E-state index in [1.807, 2.05) is 0 Å². The van der Waals surface area contributed by atoms with Gasteiger partial charge in [0.1, 0.15) is 5.92 Å². The summed E-state index contributed by atoms with van der Waals surface area (Å²) >= 11 is 1.71. The average molecular weight is 306 g/mol. The number of carboxylic acid groups (broad SMARTS) is 1. The lowest BCUT2D eigenvalue weighted by Gasteiger charge is -2.27. The second-order valence-electron chi connectivity index (χ2n) is 7.05. The number of fused-ring (bicyclic) bond motifs is 3. The van der Waals surface area contributed by atoms with E-state index < -0.39 is 5.97 Å². The summed E-state index contributed by atoms with van der Waals surface area (Å²) in [5, 5.41) is 10.3. The standard InChI is InChI=1S/C16H22N2O2S/c1-18(8-11-7-9-2-3-10(11)6-9)16-17-14-12(15(19)20)4-5-13(14)21-16/h9-12H,2-8H2,1H3,(H,19,20). The Morgan fingerprint density at radius 1 is 1.38 bits per heavy atom. The van der Waals surface area contributed by atoms with Crippen molar-refractivity contribution >= 4 is 22.4 Å². The fourth-order valence-electron chi connectivity index (χ4n) is 4.65. The molecule has 4 atom stereocenters. The topological polar surface area (TPSA) is 53.4 Å². The Balaban J connectivity index is 1.47. The first-order valence-corrected chi connectivity index (χ1v) is 8.87. The molecule has 0 amide bonds. The van der Waals surface area contributed by atoms with E-state index in [1.165, 1.54) is 30.6 Å². The molecular formula is C16H22N2O2S. The first-order chi connectivity index (χ1) is 10.1. The van der Waals surface area contributed by atoms with Crippen LogP contribution in [0.2, 0.25) is 0 Å². The van der Waals surface area contributed by atoms with Crippen LogP contribution in [-0.4, -0.2) is 29.7 Å². The van der Waals surface area contributed by atoms with E-state index in [1.54, 1.807) is 11.3 Å². The zero-order valence-electron chi connectivity index (χ0n) is 12.4.